The predicted molar refractivity (Wildman–Crippen MR) is 83.3 cm³/mol. The second kappa shape index (κ2) is 6.85. The lowest BCUT2D eigenvalue weighted by molar-refractivity contribution is 0.578. The Morgan fingerprint density at radius 1 is 1.47 bits per heavy atom. The summed E-state index contributed by atoms with van der Waals surface area (Å²) in [4.78, 5) is -0.0583. The second-order valence-electron chi connectivity index (χ2n) is 3.97. The van der Waals surface area contributed by atoms with E-state index in [1.165, 1.54) is 6.92 Å². The van der Waals surface area contributed by atoms with Crippen molar-refractivity contribution in [1.82, 2.24) is 4.72 Å². The fourth-order valence-electron chi connectivity index (χ4n) is 1.33. The van der Waals surface area contributed by atoms with Crippen molar-refractivity contribution < 1.29 is 8.42 Å². The van der Waals surface area contributed by atoms with Gasteiger partial charge in [0.1, 0.15) is 5.25 Å². The molecule has 0 spiro atoms. The predicted octanol–water partition coefficient (Wildman–Crippen LogP) is 2.13. The highest BCUT2D eigenvalue weighted by Crippen LogP contribution is 2.21. The molecule has 0 fully saturated rings. The van der Waals surface area contributed by atoms with E-state index in [1.807, 2.05) is 0 Å². The van der Waals surface area contributed by atoms with E-state index in [0.717, 1.165) is 5.56 Å². The molecule has 3 N–H and O–H groups in total. The molecule has 19 heavy (non-hydrogen) atoms. The van der Waals surface area contributed by atoms with Gasteiger partial charge in [0.2, 0.25) is 10.0 Å². The van der Waals surface area contributed by atoms with E-state index in [4.69, 9.17) is 28.9 Å². The van der Waals surface area contributed by atoms with Gasteiger partial charge >= 0.3 is 0 Å². The number of benzene rings is 1. The van der Waals surface area contributed by atoms with Crippen LogP contribution in [0.4, 0.5) is 0 Å². The van der Waals surface area contributed by atoms with E-state index in [2.05, 4.69) is 16.9 Å². The zero-order chi connectivity index (χ0) is 14.6. The molecule has 0 radical (unpaired) electrons. The number of halogens is 2. The van der Waals surface area contributed by atoms with Crippen molar-refractivity contribution in [2.75, 3.05) is 6.54 Å². The summed E-state index contributed by atoms with van der Waals surface area (Å²) in [5.41, 5.74) is 6.14. The van der Waals surface area contributed by atoms with Crippen LogP contribution in [-0.2, 0) is 16.4 Å². The first-order chi connectivity index (χ1) is 8.74. The summed E-state index contributed by atoms with van der Waals surface area (Å²) in [6, 6.07) is 5.08. The van der Waals surface area contributed by atoms with Gasteiger partial charge in [-0.3, -0.25) is 0 Å². The van der Waals surface area contributed by atoms with Gasteiger partial charge in [0.25, 0.3) is 0 Å². The van der Waals surface area contributed by atoms with Crippen LogP contribution in [0.1, 0.15) is 12.5 Å². The third kappa shape index (κ3) is 4.89. The fourth-order valence-corrected chi connectivity index (χ4v) is 3.16. The van der Waals surface area contributed by atoms with Crippen molar-refractivity contribution >= 4 is 50.4 Å². The van der Waals surface area contributed by atoms with Crippen LogP contribution in [0.25, 0.3) is 0 Å². The lowest BCUT2D eigenvalue weighted by Crippen LogP contribution is -2.40. The highest BCUT2D eigenvalue weighted by molar-refractivity contribution is 7.93. The SMILES string of the molecule is CC(C(N)=S)S(=O)(=O)NCCc1ccc(Cl)cc1Cl. The topological polar surface area (TPSA) is 72.2 Å². The maximum absolute atomic E-state index is 11.8. The molecule has 0 aliphatic heterocycles. The van der Waals surface area contributed by atoms with Gasteiger partial charge in [0, 0.05) is 16.6 Å². The van der Waals surface area contributed by atoms with E-state index in [1.54, 1.807) is 18.2 Å². The average Bonchev–Trinajstić information content (AvgIpc) is 2.30. The Hall–Kier alpha value is -0.400. The molecular formula is C11H14Cl2N2O2S2. The minimum Gasteiger partial charge on any atom is -0.392 e. The number of sulfonamides is 1. The highest BCUT2D eigenvalue weighted by Gasteiger charge is 2.22. The Balaban J connectivity index is 2.62. The second-order valence-corrected chi connectivity index (χ2v) is 7.37. The standard InChI is InChI=1S/C11H14Cl2N2O2S2/c1-7(11(14)18)19(16,17)15-5-4-8-2-3-9(12)6-10(8)13/h2-3,6-7,15H,4-5H2,1H3,(H2,14,18). The molecule has 1 unspecified atom stereocenters. The third-order valence-electron chi connectivity index (χ3n) is 2.58. The molecule has 1 atom stereocenters. The lowest BCUT2D eigenvalue weighted by Gasteiger charge is -2.12. The molecule has 1 aromatic carbocycles. The van der Waals surface area contributed by atoms with Crippen LogP contribution in [0.3, 0.4) is 0 Å². The molecule has 1 rings (SSSR count). The molecule has 0 aliphatic carbocycles. The third-order valence-corrected chi connectivity index (χ3v) is 5.46. The molecule has 0 saturated heterocycles. The maximum atomic E-state index is 11.8. The van der Waals surface area contributed by atoms with Crippen LogP contribution in [0.5, 0.6) is 0 Å². The Morgan fingerprint density at radius 3 is 2.63 bits per heavy atom. The average molecular weight is 341 g/mol. The molecule has 0 aromatic heterocycles. The molecule has 0 saturated carbocycles. The van der Waals surface area contributed by atoms with Crippen molar-refractivity contribution in [2.45, 2.75) is 18.6 Å². The molecule has 0 aliphatic rings. The highest BCUT2D eigenvalue weighted by atomic mass is 35.5. The Morgan fingerprint density at radius 2 is 2.11 bits per heavy atom. The minimum atomic E-state index is -3.54. The number of nitrogens with two attached hydrogens (primary N) is 1. The largest absolute Gasteiger partial charge is 0.392 e. The maximum Gasteiger partial charge on any atom is 0.220 e. The summed E-state index contributed by atoms with van der Waals surface area (Å²) in [7, 11) is -3.54. The lowest BCUT2D eigenvalue weighted by atomic mass is 10.1. The fraction of sp³-hybridized carbons (Fsp3) is 0.364. The van der Waals surface area contributed by atoms with Gasteiger partial charge in [-0.1, -0.05) is 41.5 Å². The minimum absolute atomic E-state index is 0.0583. The van der Waals surface area contributed by atoms with Gasteiger partial charge in [0.15, 0.2) is 0 Å². The summed E-state index contributed by atoms with van der Waals surface area (Å²) in [6.07, 6.45) is 0.458. The van der Waals surface area contributed by atoms with Crippen LogP contribution in [0, 0.1) is 0 Å². The van der Waals surface area contributed by atoms with E-state index in [9.17, 15) is 8.42 Å². The van der Waals surface area contributed by atoms with Gasteiger partial charge in [-0.15, -0.1) is 0 Å². The summed E-state index contributed by atoms with van der Waals surface area (Å²) in [5.74, 6) is 0. The Labute approximate surface area is 128 Å². The monoisotopic (exact) mass is 340 g/mol. The number of rotatable bonds is 6. The molecule has 8 heteroatoms. The van der Waals surface area contributed by atoms with Crippen LogP contribution >= 0.6 is 35.4 Å². The molecule has 0 heterocycles. The first kappa shape index (κ1) is 16.7. The molecule has 0 amide bonds. The summed E-state index contributed by atoms with van der Waals surface area (Å²) in [6.45, 7) is 1.66. The number of nitrogens with one attached hydrogen (secondary N) is 1. The molecule has 4 nitrogen and oxygen atoms in total. The van der Waals surface area contributed by atoms with E-state index >= 15 is 0 Å². The molecule has 0 bridgehead atoms. The first-order valence-electron chi connectivity index (χ1n) is 5.46. The van der Waals surface area contributed by atoms with Gasteiger partial charge < -0.3 is 5.73 Å². The normalized spacial score (nSPS) is 13.2. The van der Waals surface area contributed by atoms with Gasteiger partial charge in [-0.25, -0.2) is 13.1 Å². The zero-order valence-corrected chi connectivity index (χ0v) is 13.3. The van der Waals surface area contributed by atoms with Crippen molar-refractivity contribution in [2.24, 2.45) is 5.73 Å². The van der Waals surface area contributed by atoms with Crippen molar-refractivity contribution in [3.8, 4) is 0 Å². The molecule has 106 valence electrons. The Bertz CT molecular complexity index is 576. The van der Waals surface area contributed by atoms with Crippen molar-refractivity contribution in [3.05, 3.63) is 33.8 Å². The smallest absolute Gasteiger partial charge is 0.220 e. The number of hydrogen-bond donors (Lipinski definition) is 2. The first-order valence-corrected chi connectivity index (χ1v) is 8.17. The molecular weight excluding hydrogens is 327 g/mol. The van der Waals surface area contributed by atoms with Crippen LogP contribution in [0.2, 0.25) is 10.0 Å². The number of thiocarbonyl (C=S) groups is 1. The van der Waals surface area contributed by atoms with Crippen LogP contribution < -0.4 is 10.5 Å². The van der Waals surface area contributed by atoms with Crippen molar-refractivity contribution in [1.29, 1.82) is 0 Å². The van der Waals surface area contributed by atoms with E-state index in [-0.39, 0.29) is 11.5 Å². The summed E-state index contributed by atoms with van der Waals surface area (Å²) < 4.78 is 26.0. The zero-order valence-electron chi connectivity index (χ0n) is 10.2. The number of hydrogen-bond acceptors (Lipinski definition) is 3. The van der Waals surface area contributed by atoms with Crippen LogP contribution in [0.15, 0.2) is 18.2 Å². The van der Waals surface area contributed by atoms with E-state index in [0.29, 0.717) is 16.5 Å². The molecule has 1 aromatic rings. The van der Waals surface area contributed by atoms with Gasteiger partial charge in [-0.05, 0) is 31.0 Å². The van der Waals surface area contributed by atoms with E-state index < -0.39 is 15.3 Å². The van der Waals surface area contributed by atoms with Gasteiger partial charge in [0.05, 0.1) is 4.99 Å². The van der Waals surface area contributed by atoms with Crippen molar-refractivity contribution in [3.63, 3.8) is 0 Å². The Kier molecular flexibility index (Phi) is 6.01. The van der Waals surface area contributed by atoms with Crippen LogP contribution in [-0.4, -0.2) is 25.2 Å². The van der Waals surface area contributed by atoms with Gasteiger partial charge in [-0.2, -0.15) is 0 Å². The quantitative estimate of drug-likeness (QED) is 0.778. The summed E-state index contributed by atoms with van der Waals surface area (Å²) in [5, 5.41) is 0.147. The summed E-state index contributed by atoms with van der Waals surface area (Å²) >= 11 is 16.4.